The lowest BCUT2D eigenvalue weighted by Crippen LogP contribution is -2.64. The van der Waals surface area contributed by atoms with E-state index in [1.807, 2.05) is 13.8 Å². The quantitative estimate of drug-likeness (QED) is 0.777. The third-order valence-corrected chi connectivity index (χ3v) is 4.05. The SMILES string of the molecule is CC(C)C1OC2COC(C)(C)OC2C2OC(C)(O)OC12. The average molecular weight is 288 g/mol. The van der Waals surface area contributed by atoms with Gasteiger partial charge in [-0.3, -0.25) is 0 Å². The molecule has 3 aliphatic heterocycles. The van der Waals surface area contributed by atoms with E-state index in [-0.39, 0.29) is 36.4 Å². The number of hydrogen-bond donors (Lipinski definition) is 1. The summed E-state index contributed by atoms with van der Waals surface area (Å²) in [5.74, 6) is -2.03. The van der Waals surface area contributed by atoms with Crippen LogP contribution in [0, 0.1) is 5.92 Å². The molecular formula is C14H24O6. The molecule has 3 heterocycles. The Morgan fingerprint density at radius 3 is 2.30 bits per heavy atom. The van der Waals surface area contributed by atoms with Crippen molar-refractivity contribution >= 4 is 0 Å². The Bertz CT molecular complexity index is 380. The van der Waals surface area contributed by atoms with Crippen molar-refractivity contribution in [3.63, 3.8) is 0 Å². The molecule has 0 aliphatic carbocycles. The first-order valence-corrected chi connectivity index (χ1v) is 7.24. The van der Waals surface area contributed by atoms with E-state index >= 15 is 0 Å². The van der Waals surface area contributed by atoms with Gasteiger partial charge in [-0.2, -0.15) is 0 Å². The van der Waals surface area contributed by atoms with Gasteiger partial charge in [0.2, 0.25) is 0 Å². The molecule has 0 spiro atoms. The Kier molecular flexibility index (Phi) is 3.40. The second kappa shape index (κ2) is 4.63. The van der Waals surface area contributed by atoms with Gasteiger partial charge in [0.1, 0.15) is 24.4 Å². The highest BCUT2D eigenvalue weighted by molar-refractivity contribution is 5.01. The van der Waals surface area contributed by atoms with Crippen LogP contribution in [0.5, 0.6) is 0 Å². The number of aliphatic hydroxyl groups is 1. The van der Waals surface area contributed by atoms with Gasteiger partial charge in [0.05, 0.1) is 12.7 Å². The fourth-order valence-corrected chi connectivity index (χ4v) is 3.20. The summed E-state index contributed by atoms with van der Waals surface area (Å²) in [7, 11) is 0. The monoisotopic (exact) mass is 288 g/mol. The standard InChI is InChI=1S/C14H24O6/c1-7(2)9-11-12(20-14(5,15)19-11)10-8(17-9)6-16-13(3,4)18-10/h7-12,15H,6H2,1-5H3. The second-order valence-electron chi connectivity index (χ2n) is 6.74. The number of ether oxygens (including phenoxy) is 5. The van der Waals surface area contributed by atoms with Gasteiger partial charge in [-0.05, 0) is 19.8 Å². The molecule has 3 aliphatic rings. The van der Waals surface area contributed by atoms with Gasteiger partial charge in [-0.1, -0.05) is 13.8 Å². The molecule has 0 aromatic rings. The number of rotatable bonds is 1. The van der Waals surface area contributed by atoms with Crippen molar-refractivity contribution in [2.24, 2.45) is 5.92 Å². The zero-order valence-electron chi connectivity index (χ0n) is 12.7. The number of hydrogen-bond acceptors (Lipinski definition) is 6. The summed E-state index contributed by atoms with van der Waals surface area (Å²) in [6.45, 7) is 9.80. The van der Waals surface area contributed by atoms with Crippen molar-refractivity contribution < 1.29 is 28.8 Å². The molecule has 6 atom stereocenters. The third kappa shape index (κ3) is 2.49. The van der Waals surface area contributed by atoms with E-state index in [1.54, 1.807) is 0 Å². The lowest BCUT2D eigenvalue weighted by atomic mass is 9.89. The van der Waals surface area contributed by atoms with Crippen molar-refractivity contribution in [3.05, 3.63) is 0 Å². The summed E-state index contributed by atoms with van der Waals surface area (Å²) in [5.41, 5.74) is 0. The Morgan fingerprint density at radius 1 is 1.00 bits per heavy atom. The molecule has 3 rings (SSSR count). The van der Waals surface area contributed by atoms with Gasteiger partial charge in [0.15, 0.2) is 5.79 Å². The van der Waals surface area contributed by atoms with E-state index in [9.17, 15) is 5.11 Å². The molecule has 0 amide bonds. The zero-order chi connectivity index (χ0) is 14.7. The van der Waals surface area contributed by atoms with E-state index in [2.05, 4.69) is 13.8 Å². The first kappa shape index (κ1) is 14.7. The molecule has 0 saturated carbocycles. The fourth-order valence-electron chi connectivity index (χ4n) is 3.20. The van der Waals surface area contributed by atoms with Crippen LogP contribution >= 0.6 is 0 Å². The summed E-state index contributed by atoms with van der Waals surface area (Å²) in [5, 5.41) is 10.1. The molecule has 20 heavy (non-hydrogen) atoms. The molecule has 3 fully saturated rings. The molecule has 0 aromatic heterocycles. The van der Waals surface area contributed by atoms with Gasteiger partial charge in [0, 0.05) is 6.92 Å². The van der Waals surface area contributed by atoms with E-state index in [0.717, 1.165) is 0 Å². The van der Waals surface area contributed by atoms with E-state index < -0.39 is 11.8 Å². The van der Waals surface area contributed by atoms with Crippen molar-refractivity contribution in [1.82, 2.24) is 0 Å². The molecule has 6 unspecified atom stereocenters. The normalized spacial score (nSPS) is 50.9. The summed E-state index contributed by atoms with van der Waals surface area (Å²) in [6.07, 6.45) is -1.33. The van der Waals surface area contributed by atoms with Crippen LogP contribution in [0.2, 0.25) is 0 Å². The largest absolute Gasteiger partial charge is 0.367 e. The summed E-state index contributed by atoms with van der Waals surface area (Å²) < 4.78 is 29.0. The topological polar surface area (TPSA) is 66.4 Å². The fraction of sp³-hybridized carbons (Fsp3) is 1.00. The molecule has 0 radical (unpaired) electrons. The Labute approximate surface area is 119 Å². The second-order valence-corrected chi connectivity index (χ2v) is 6.74. The lowest BCUT2D eigenvalue weighted by Gasteiger charge is -2.49. The Morgan fingerprint density at radius 2 is 1.65 bits per heavy atom. The smallest absolute Gasteiger partial charge is 0.278 e. The van der Waals surface area contributed by atoms with Gasteiger partial charge in [0.25, 0.3) is 5.97 Å². The maximum atomic E-state index is 10.1. The summed E-state index contributed by atoms with van der Waals surface area (Å²) in [4.78, 5) is 0. The molecule has 0 aromatic carbocycles. The van der Waals surface area contributed by atoms with Crippen molar-refractivity contribution in [2.45, 2.75) is 76.9 Å². The first-order chi connectivity index (χ1) is 9.19. The minimum Gasteiger partial charge on any atom is -0.367 e. The van der Waals surface area contributed by atoms with Crippen LogP contribution in [0.4, 0.5) is 0 Å². The van der Waals surface area contributed by atoms with Gasteiger partial charge in [-0.25, -0.2) is 0 Å². The van der Waals surface area contributed by atoms with E-state index in [4.69, 9.17) is 23.7 Å². The van der Waals surface area contributed by atoms with Crippen molar-refractivity contribution in [1.29, 1.82) is 0 Å². The zero-order valence-corrected chi connectivity index (χ0v) is 12.7. The Balaban J connectivity index is 1.87. The van der Waals surface area contributed by atoms with Gasteiger partial charge >= 0.3 is 0 Å². The van der Waals surface area contributed by atoms with Crippen LogP contribution in [-0.2, 0) is 23.7 Å². The maximum absolute atomic E-state index is 10.1. The maximum Gasteiger partial charge on any atom is 0.278 e. The third-order valence-electron chi connectivity index (χ3n) is 4.05. The van der Waals surface area contributed by atoms with Crippen molar-refractivity contribution in [3.8, 4) is 0 Å². The van der Waals surface area contributed by atoms with Crippen molar-refractivity contribution in [2.75, 3.05) is 6.61 Å². The molecule has 6 nitrogen and oxygen atoms in total. The molecule has 1 N–H and O–H groups in total. The summed E-state index contributed by atoms with van der Waals surface area (Å²) in [6, 6.07) is 0. The van der Waals surface area contributed by atoms with Crippen LogP contribution in [0.3, 0.4) is 0 Å². The van der Waals surface area contributed by atoms with E-state index in [1.165, 1.54) is 6.92 Å². The van der Waals surface area contributed by atoms with Crippen LogP contribution in [0.15, 0.2) is 0 Å². The van der Waals surface area contributed by atoms with Crippen LogP contribution in [0.1, 0.15) is 34.6 Å². The van der Waals surface area contributed by atoms with Gasteiger partial charge < -0.3 is 28.8 Å². The summed E-state index contributed by atoms with van der Waals surface area (Å²) >= 11 is 0. The predicted octanol–water partition coefficient (Wildman–Crippen LogP) is 1.01. The minimum atomic E-state index is -1.59. The van der Waals surface area contributed by atoms with Crippen LogP contribution < -0.4 is 0 Å². The highest BCUT2D eigenvalue weighted by Crippen LogP contribution is 2.42. The van der Waals surface area contributed by atoms with Gasteiger partial charge in [-0.15, -0.1) is 0 Å². The highest BCUT2D eigenvalue weighted by Gasteiger charge is 2.59. The predicted molar refractivity (Wildman–Crippen MR) is 68.8 cm³/mol. The molecule has 116 valence electrons. The average Bonchev–Trinajstić information content (AvgIpc) is 2.62. The van der Waals surface area contributed by atoms with Crippen LogP contribution in [-0.4, -0.2) is 54.0 Å². The molecule has 3 saturated heterocycles. The number of fused-ring (bicyclic) bond motifs is 3. The first-order valence-electron chi connectivity index (χ1n) is 7.24. The minimum absolute atomic E-state index is 0.149. The molecule has 0 bridgehead atoms. The van der Waals surface area contributed by atoms with E-state index in [0.29, 0.717) is 6.61 Å². The highest BCUT2D eigenvalue weighted by atomic mass is 16.9. The lowest BCUT2D eigenvalue weighted by molar-refractivity contribution is -0.353. The van der Waals surface area contributed by atoms with Crippen LogP contribution in [0.25, 0.3) is 0 Å². The molecule has 6 heteroatoms. The molecular weight excluding hydrogens is 264 g/mol. The Hall–Kier alpha value is -0.240.